The summed E-state index contributed by atoms with van der Waals surface area (Å²) in [6, 6.07) is 6.16. The Morgan fingerprint density at radius 2 is 1.89 bits per heavy atom. The van der Waals surface area contributed by atoms with Crippen molar-refractivity contribution in [3.8, 4) is 10.4 Å². The van der Waals surface area contributed by atoms with E-state index in [9.17, 15) is 4.79 Å². The molecule has 1 aromatic carbocycles. The van der Waals surface area contributed by atoms with E-state index in [-0.39, 0.29) is 29.6 Å². The molecule has 0 spiro atoms. The molecule has 2 fully saturated rings. The standard InChI is InChI=1S/C26H33N5O3S/c1-15-13-31(14-16(2)33-15)21-11-28-30-20-8-7-17(9-18(20)21)22-12-27-24(35-22)29-23(32)19-10-25(3,4)34-26(19,5)6/h7-9,11-12,15-16,19H,10,13-14H2,1-6H3,(H,27,29,32)/t15-,16+,19?. The molecular weight excluding hydrogens is 462 g/mol. The molecule has 2 aliphatic rings. The van der Waals surface area contributed by atoms with Crippen LogP contribution in [0, 0.1) is 5.92 Å². The Balaban J connectivity index is 1.39. The second kappa shape index (κ2) is 8.80. The van der Waals surface area contributed by atoms with Gasteiger partial charge in [-0.3, -0.25) is 4.79 Å². The number of carbonyl (C=O) groups is 1. The fraction of sp³-hybridized carbons (Fsp3) is 0.538. The summed E-state index contributed by atoms with van der Waals surface area (Å²) >= 11 is 1.47. The summed E-state index contributed by atoms with van der Waals surface area (Å²) in [5.41, 5.74) is 2.11. The number of ether oxygens (including phenoxy) is 2. The third-order valence-corrected chi connectivity index (χ3v) is 7.75. The van der Waals surface area contributed by atoms with Crippen molar-refractivity contribution in [2.75, 3.05) is 23.3 Å². The van der Waals surface area contributed by atoms with Crippen LogP contribution in [-0.2, 0) is 14.3 Å². The number of carbonyl (C=O) groups excluding carboxylic acids is 1. The van der Waals surface area contributed by atoms with E-state index in [1.54, 1.807) is 0 Å². The molecule has 5 rings (SSSR count). The monoisotopic (exact) mass is 495 g/mol. The first kappa shape index (κ1) is 24.1. The Morgan fingerprint density at radius 3 is 2.57 bits per heavy atom. The average Bonchev–Trinajstić information content (AvgIpc) is 3.32. The summed E-state index contributed by atoms with van der Waals surface area (Å²) in [7, 11) is 0. The first-order valence-electron chi connectivity index (χ1n) is 12.1. The number of amides is 1. The molecule has 9 heteroatoms. The normalized spacial score (nSPS) is 25.7. The van der Waals surface area contributed by atoms with Crippen LogP contribution in [0.1, 0.15) is 48.0 Å². The molecule has 3 atom stereocenters. The molecule has 8 nitrogen and oxygen atoms in total. The summed E-state index contributed by atoms with van der Waals surface area (Å²) in [6.45, 7) is 13.8. The molecule has 0 bridgehead atoms. The van der Waals surface area contributed by atoms with Gasteiger partial charge in [0.2, 0.25) is 5.91 Å². The molecule has 0 aliphatic carbocycles. The van der Waals surface area contributed by atoms with Gasteiger partial charge in [-0.2, -0.15) is 10.2 Å². The van der Waals surface area contributed by atoms with Crippen molar-refractivity contribution in [1.29, 1.82) is 0 Å². The van der Waals surface area contributed by atoms with Gasteiger partial charge < -0.3 is 19.7 Å². The van der Waals surface area contributed by atoms with E-state index < -0.39 is 5.60 Å². The van der Waals surface area contributed by atoms with Gasteiger partial charge in [-0.05, 0) is 65.7 Å². The van der Waals surface area contributed by atoms with Crippen LogP contribution in [0.25, 0.3) is 21.3 Å². The third-order valence-electron chi connectivity index (χ3n) is 6.79. The van der Waals surface area contributed by atoms with Crippen LogP contribution >= 0.6 is 11.3 Å². The van der Waals surface area contributed by atoms with E-state index in [0.717, 1.165) is 40.1 Å². The van der Waals surface area contributed by atoms with Crippen molar-refractivity contribution in [3.05, 3.63) is 30.6 Å². The second-order valence-corrected chi connectivity index (χ2v) is 11.9. The van der Waals surface area contributed by atoms with E-state index in [4.69, 9.17) is 9.47 Å². The van der Waals surface area contributed by atoms with Crippen LogP contribution in [0.15, 0.2) is 30.6 Å². The number of anilines is 2. The number of thiazole rings is 1. The molecule has 0 saturated carbocycles. The van der Waals surface area contributed by atoms with Crippen molar-refractivity contribution in [3.63, 3.8) is 0 Å². The van der Waals surface area contributed by atoms with Gasteiger partial charge in [0.1, 0.15) is 0 Å². The fourth-order valence-corrected chi connectivity index (χ4v) is 6.27. The highest BCUT2D eigenvalue weighted by atomic mass is 32.1. The molecule has 1 amide bonds. The molecule has 2 saturated heterocycles. The summed E-state index contributed by atoms with van der Waals surface area (Å²) in [5.74, 6) is -0.280. The van der Waals surface area contributed by atoms with E-state index in [1.165, 1.54) is 11.3 Å². The predicted molar refractivity (Wildman–Crippen MR) is 139 cm³/mol. The van der Waals surface area contributed by atoms with Gasteiger partial charge in [0.05, 0.1) is 51.6 Å². The van der Waals surface area contributed by atoms with Crippen molar-refractivity contribution in [1.82, 2.24) is 15.2 Å². The number of morpholine rings is 1. The van der Waals surface area contributed by atoms with Crippen molar-refractivity contribution in [2.45, 2.75) is 71.4 Å². The molecule has 2 aromatic heterocycles. The van der Waals surface area contributed by atoms with Crippen molar-refractivity contribution in [2.24, 2.45) is 5.92 Å². The summed E-state index contributed by atoms with van der Waals surface area (Å²) in [5, 5.41) is 13.2. The predicted octanol–water partition coefficient (Wildman–Crippen LogP) is 4.90. The van der Waals surface area contributed by atoms with E-state index in [0.29, 0.717) is 11.6 Å². The molecule has 0 radical (unpaired) electrons. The second-order valence-electron chi connectivity index (χ2n) is 10.9. The molecule has 3 aromatic rings. The minimum absolute atomic E-state index is 0.0481. The molecule has 1 unspecified atom stereocenters. The number of benzene rings is 1. The Hall–Kier alpha value is -2.62. The number of hydrogen-bond acceptors (Lipinski definition) is 8. The van der Waals surface area contributed by atoms with E-state index >= 15 is 0 Å². The van der Waals surface area contributed by atoms with E-state index in [2.05, 4.69) is 45.3 Å². The highest BCUT2D eigenvalue weighted by Crippen LogP contribution is 2.43. The lowest BCUT2D eigenvalue weighted by Gasteiger charge is -2.37. The molecule has 186 valence electrons. The number of nitrogens with one attached hydrogen (secondary N) is 1. The maximum Gasteiger partial charge on any atom is 0.232 e. The minimum atomic E-state index is -0.516. The lowest BCUT2D eigenvalue weighted by molar-refractivity contribution is -0.126. The lowest BCUT2D eigenvalue weighted by Crippen LogP contribution is -2.45. The number of rotatable bonds is 4. The van der Waals surface area contributed by atoms with Crippen LogP contribution in [0.2, 0.25) is 0 Å². The zero-order valence-corrected chi connectivity index (χ0v) is 22.0. The molecule has 35 heavy (non-hydrogen) atoms. The van der Waals surface area contributed by atoms with E-state index in [1.807, 2.05) is 52.2 Å². The lowest BCUT2D eigenvalue weighted by atomic mass is 9.87. The highest BCUT2D eigenvalue weighted by molar-refractivity contribution is 7.19. The van der Waals surface area contributed by atoms with Gasteiger partial charge in [-0.1, -0.05) is 17.4 Å². The topological polar surface area (TPSA) is 89.5 Å². The van der Waals surface area contributed by atoms with Gasteiger partial charge in [0.25, 0.3) is 0 Å². The average molecular weight is 496 g/mol. The number of fused-ring (bicyclic) bond motifs is 1. The SMILES string of the molecule is C[C@@H]1CN(c2cnnc3ccc(-c4cnc(NC(=O)C5CC(C)(C)OC5(C)C)s4)cc23)C[C@H](C)O1. The summed E-state index contributed by atoms with van der Waals surface area (Å²) < 4.78 is 12.0. The molecule has 2 aliphatic heterocycles. The maximum absolute atomic E-state index is 13.1. The molecule has 4 heterocycles. The number of aromatic nitrogens is 3. The zero-order chi connectivity index (χ0) is 25.0. The van der Waals surface area contributed by atoms with Crippen LogP contribution in [0.5, 0.6) is 0 Å². The smallest absolute Gasteiger partial charge is 0.232 e. The molecule has 1 N–H and O–H groups in total. The van der Waals surface area contributed by atoms with Gasteiger partial charge in [-0.25, -0.2) is 4.98 Å². The zero-order valence-electron chi connectivity index (χ0n) is 21.2. The Morgan fingerprint density at radius 1 is 1.14 bits per heavy atom. The quantitative estimate of drug-likeness (QED) is 0.551. The number of nitrogens with zero attached hydrogens (tertiary/aromatic N) is 4. The Labute approximate surface area is 210 Å². The van der Waals surface area contributed by atoms with Gasteiger partial charge >= 0.3 is 0 Å². The highest BCUT2D eigenvalue weighted by Gasteiger charge is 2.49. The van der Waals surface area contributed by atoms with Crippen molar-refractivity contribution >= 4 is 39.0 Å². The Bertz CT molecular complexity index is 1250. The first-order chi connectivity index (χ1) is 16.5. The van der Waals surface area contributed by atoms with Gasteiger partial charge in [0, 0.05) is 24.7 Å². The molecular formula is C26H33N5O3S. The largest absolute Gasteiger partial charge is 0.372 e. The van der Waals surface area contributed by atoms with Crippen LogP contribution in [0.4, 0.5) is 10.8 Å². The third kappa shape index (κ3) is 4.90. The van der Waals surface area contributed by atoms with Crippen molar-refractivity contribution < 1.29 is 14.3 Å². The summed E-state index contributed by atoms with van der Waals surface area (Å²) in [6.07, 6.45) is 4.63. The van der Waals surface area contributed by atoms with Crippen LogP contribution in [-0.4, -0.2) is 57.6 Å². The Kier molecular flexibility index (Phi) is 6.05. The first-order valence-corrected chi connectivity index (χ1v) is 13.0. The fourth-order valence-electron chi connectivity index (χ4n) is 5.45. The van der Waals surface area contributed by atoms with Crippen LogP contribution < -0.4 is 10.2 Å². The maximum atomic E-state index is 13.1. The van der Waals surface area contributed by atoms with Gasteiger partial charge in [-0.15, -0.1) is 0 Å². The number of hydrogen-bond donors (Lipinski definition) is 1. The van der Waals surface area contributed by atoms with Crippen LogP contribution in [0.3, 0.4) is 0 Å². The summed E-state index contributed by atoms with van der Waals surface area (Å²) in [4.78, 5) is 20.9. The minimum Gasteiger partial charge on any atom is -0.372 e. The van der Waals surface area contributed by atoms with Gasteiger partial charge in [0.15, 0.2) is 5.13 Å².